The van der Waals surface area contributed by atoms with Crippen LogP contribution in [0.25, 0.3) is 0 Å². The summed E-state index contributed by atoms with van der Waals surface area (Å²) in [7, 11) is 1.54. The van der Waals surface area contributed by atoms with Crippen LogP contribution in [-0.4, -0.2) is 30.9 Å². The van der Waals surface area contributed by atoms with Crippen LogP contribution < -0.4 is 15.5 Å². The molecule has 0 saturated heterocycles. The predicted molar refractivity (Wildman–Crippen MR) is 119 cm³/mol. The Morgan fingerprint density at radius 1 is 1.00 bits per heavy atom. The first kappa shape index (κ1) is 21.5. The van der Waals surface area contributed by atoms with Crippen molar-refractivity contribution in [1.29, 1.82) is 0 Å². The lowest BCUT2D eigenvalue weighted by Crippen LogP contribution is -2.47. The molecule has 1 atom stereocenters. The third-order valence-corrected chi connectivity index (χ3v) is 5.22. The fourth-order valence-electron chi connectivity index (χ4n) is 3.35. The van der Waals surface area contributed by atoms with E-state index in [2.05, 4.69) is 15.6 Å². The number of halogens is 3. The van der Waals surface area contributed by atoms with E-state index in [9.17, 15) is 18.4 Å². The SMILES string of the molecule is CN1C(=O)C(NC(=O)Nc2ccc(Cl)c(F)c2)N=C(c2ccccc2F)c2ccccc21. The number of benzene rings is 3. The van der Waals surface area contributed by atoms with Gasteiger partial charge in [0, 0.05) is 23.9 Å². The number of carbonyl (C=O) groups excluding carboxylic acids is 2. The zero-order valence-corrected chi connectivity index (χ0v) is 17.5. The van der Waals surface area contributed by atoms with E-state index in [4.69, 9.17) is 11.6 Å². The molecule has 1 aliphatic heterocycles. The van der Waals surface area contributed by atoms with Gasteiger partial charge < -0.3 is 15.5 Å². The van der Waals surface area contributed by atoms with Crippen LogP contribution in [0.2, 0.25) is 5.02 Å². The van der Waals surface area contributed by atoms with Crippen molar-refractivity contribution in [3.63, 3.8) is 0 Å². The molecule has 1 heterocycles. The number of nitrogens with zero attached hydrogens (tertiary/aromatic N) is 2. The van der Waals surface area contributed by atoms with Crippen LogP contribution in [0.3, 0.4) is 0 Å². The number of likely N-dealkylation sites (N-methyl/N-ethyl adjacent to an activating group) is 1. The van der Waals surface area contributed by atoms with Gasteiger partial charge in [-0.25, -0.2) is 18.6 Å². The molecular formula is C23H17ClF2N4O2. The van der Waals surface area contributed by atoms with Crippen molar-refractivity contribution in [1.82, 2.24) is 5.32 Å². The van der Waals surface area contributed by atoms with Crippen LogP contribution in [0.15, 0.2) is 71.7 Å². The number of rotatable bonds is 3. The maximum atomic E-state index is 14.6. The van der Waals surface area contributed by atoms with E-state index in [-0.39, 0.29) is 22.0 Å². The lowest BCUT2D eigenvalue weighted by molar-refractivity contribution is -0.119. The molecule has 0 aromatic heterocycles. The molecule has 0 radical (unpaired) electrons. The van der Waals surface area contributed by atoms with Crippen molar-refractivity contribution in [2.75, 3.05) is 17.3 Å². The number of benzodiazepines with no additional fused rings is 1. The molecule has 0 aliphatic carbocycles. The molecular weight excluding hydrogens is 438 g/mol. The minimum absolute atomic E-state index is 0.0894. The number of nitrogens with one attached hydrogen (secondary N) is 2. The Morgan fingerprint density at radius 2 is 1.69 bits per heavy atom. The molecule has 3 aromatic rings. The molecule has 32 heavy (non-hydrogen) atoms. The van der Waals surface area contributed by atoms with Crippen molar-refractivity contribution < 1.29 is 18.4 Å². The van der Waals surface area contributed by atoms with Crippen LogP contribution in [0.5, 0.6) is 0 Å². The van der Waals surface area contributed by atoms with Gasteiger partial charge in [0.1, 0.15) is 11.6 Å². The van der Waals surface area contributed by atoms with Gasteiger partial charge in [-0.2, -0.15) is 0 Å². The Labute approximate surface area is 187 Å². The summed E-state index contributed by atoms with van der Waals surface area (Å²) < 4.78 is 28.3. The lowest BCUT2D eigenvalue weighted by Gasteiger charge is -2.21. The second kappa shape index (κ2) is 8.76. The van der Waals surface area contributed by atoms with Gasteiger partial charge in [-0.1, -0.05) is 41.9 Å². The van der Waals surface area contributed by atoms with Gasteiger partial charge in [-0.05, 0) is 36.4 Å². The Bertz CT molecular complexity index is 1250. The van der Waals surface area contributed by atoms with Gasteiger partial charge in [0.15, 0.2) is 0 Å². The van der Waals surface area contributed by atoms with Crippen LogP contribution >= 0.6 is 11.6 Å². The normalized spacial score (nSPS) is 15.5. The van der Waals surface area contributed by atoms with Crippen LogP contribution in [0.4, 0.5) is 25.0 Å². The first-order valence-electron chi connectivity index (χ1n) is 9.57. The average molecular weight is 455 g/mol. The third-order valence-electron chi connectivity index (χ3n) is 4.92. The number of anilines is 2. The minimum atomic E-state index is -1.35. The van der Waals surface area contributed by atoms with E-state index >= 15 is 0 Å². The Hall–Kier alpha value is -3.78. The highest BCUT2D eigenvalue weighted by atomic mass is 35.5. The van der Waals surface area contributed by atoms with Gasteiger partial charge >= 0.3 is 6.03 Å². The first-order chi connectivity index (χ1) is 15.3. The highest BCUT2D eigenvalue weighted by molar-refractivity contribution is 6.30. The highest BCUT2D eigenvalue weighted by Gasteiger charge is 2.31. The molecule has 0 bridgehead atoms. The number of hydrogen-bond donors (Lipinski definition) is 2. The molecule has 6 nitrogen and oxygen atoms in total. The van der Waals surface area contributed by atoms with Gasteiger partial charge in [0.2, 0.25) is 6.17 Å². The molecule has 2 N–H and O–H groups in total. The van der Waals surface area contributed by atoms with E-state index in [0.29, 0.717) is 11.3 Å². The number of urea groups is 1. The highest BCUT2D eigenvalue weighted by Crippen LogP contribution is 2.28. The van der Waals surface area contributed by atoms with Crippen molar-refractivity contribution in [3.8, 4) is 0 Å². The Morgan fingerprint density at radius 3 is 2.41 bits per heavy atom. The zero-order chi connectivity index (χ0) is 22.8. The first-order valence-corrected chi connectivity index (χ1v) is 9.95. The summed E-state index contributed by atoms with van der Waals surface area (Å²) in [6.45, 7) is 0. The largest absolute Gasteiger partial charge is 0.321 e. The second-order valence-corrected chi connectivity index (χ2v) is 7.41. The molecule has 3 amide bonds. The summed E-state index contributed by atoms with van der Waals surface area (Å²) in [4.78, 5) is 31.4. The smallest absolute Gasteiger partial charge is 0.311 e. The summed E-state index contributed by atoms with van der Waals surface area (Å²) >= 11 is 5.66. The zero-order valence-electron chi connectivity index (χ0n) is 16.8. The predicted octanol–water partition coefficient (Wildman–Crippen LogP) is 4.58. The van der Waals surface area contributed by atoms with Crippen molar-refractivity contribution >= 4 is 40.6 Å². The Balaban J connectivity index is 1.70. The number of para-hydroxylation sites is 1. The van der Waals surface area contributed by atoms with E-state index in [1.807, 2.05) is 0 Å². The maximum absolute atomic E-state index is 14.6. The summed E-state index contributed by atoms with van der Waals surface area (Å²) in [5.41, 5.74) is 1.61. The fraction of sp³-hybridized carbons (Fsp3) is 0.0870. The van der Waals surface area contributed by atoms with Gasteiger partial charge in [0.05, 0.1) is 16.4 Å². The lowest BCUT2D eigenvalue weighted by atomic mass is 10.00. The van der Waals surface area contributed by atoms with Crippen LogP contribution in [-0.2, 0) is 4.79 Å². The van der Waals surface area contributed by atoms with E-state index in [0.717, 1.165) is 6.07 Å². The summed E-state index contributed by atoms with van der Waals surface area (Å²) in [5, 5.41) is 4.82. The maximum Gasteiger partial charge on any atom is 0.321 e. The summed E-state index contributed by atoms with van der Waals surface area (Å²) in [5.74, 6) is -1.75. The summed E-state index contributed by atoms with van der Waals surface area (Å²) in [6.07, 6.45) is -1.35. The Kier molecular flexibility index (Phi) is 5.87. The molecule has 162 valence electrons. The van der Waals surface area contributed by atoms with Crippen molar-refractivity contribution in [2.45, 2.75) is 6.17 Å². The molecule has 1 aliphatic rings. The minimum Gasteiger partial charge on any atom is -0.311 e. The van der Waals surface area contributed by atoms with Crippen molar-refractivity contribution in [3.05, 3.63) is 94.5 Å². The molecule has 0 spiro atoms. The third kappa shape index (κ3) is 4.17. The van der Waals surface area contributed by atoms with E-state index in [1.54, 1.807) is 49.5 Å². The number of fused-ring (bicyclic) bond motifs is 1. The van der Waals surface area contributed by atoms with Crippen molar-refractivity contribution in [2.24, 2.45) is 4.99 Å². The molecule has 0 fully saturated rings. The molecule has 0 saturated carbocycles. The topological polar surface area (TPSA) is 73.8 Å². The number of carbonyl (C=O) groups is 2. The monoisotopic (exact) mass is 454 g/mol. The van der Waals surface area contributed by atoms with Crippen LogP contribution in [0, 0.1) is 11.6 Å². The molecule has 1 unspecified atom stereocenters. The molecule has 9 heteroatoms. The molecule has 3 aromatic carbocycles. The number of aliphatic imine (C=N–C) groups is 1. The van der Waals surface area contributed by atoms with Gasteiger partial charge in [0.25, 0.3) is 5.91 Å². The summed E-state index contributed by atoms with van der Waals surface area (Å²) in [6, 6.07) is 15.9. The van der Waals surface area contributed by atoms with Crippen LogP contribution in [0.1, 0.15) is 11.1 Å². The van der Waals surface area contributed by atoms with Gasteiger partial charge in [-0.3, -0.25) is 4.79 Å². The fourth-order valence-corrected chi connectivity index (χ4v) is 3.47. The second-order valence-electron chi connectivity index (χ2n) is 7.00. The quantitative estimate of drug-likeness (QED) is 0.608. The van der Waals surface area contributed by atoms with E-state index < -0.39 is 29.7 Å². The number of hydrogen-bond acceptors (Lipinski definition) is 3. The van der Waals surface area contributed by atoms with E-state index in [1.165, 1.54) is 23.1 Å². The average Bonchev–Trinajstić information content (AvgIpc) is 2.87. The number of amides is 3. The van der Waals surface area contributed by atoms with Gasteiger partial charge in [-0.15, -0.1) is 0 Å². The standard InChI is InChI=1S/C23H17ClF2N4O2/c1-30-19-9-5-3-7-15(19)20(14-6-2-4-8-17(14)25)28-21(22(30)31)29-23(32)27-13-10-11-16(24)18(26)12-13/h2-12,21H,1H3,(H2,27,29,32). The molecule has 4 rings (SSSR count).